The topological polar surface area (TPSA) is 52.5 Å². The maximum atomic E-state index is 9.83. The number of nitrogens with one attached hydrogen (secondary N) is 1. The number of hydrogen-bond donors (Lipinski definition) is 3. The molecule has 0 spiro atoms. The molecule has 0 aliphatic rings. The Labute approximate surface area is 101 Å². The average Bonchev–Trinajstić information content (AvgIpc) is 2.21. The zero-order valence-electron chi connectivity index (χ0n) is 9.84. The first kappa shape index (κ1) is 13.3. The van der Waals surface area contributed by atoms with Gasteiger partial charge in [0, 0.05) is 22.7 Å². The summed E-state index contributed by atoms with van der Waals surface area (Å²) in [6.07, 6.45) is 0. The van der Waals surface area contributed by atoms with Crippen molar-refractivity contribution in [2.24, 2.45) is 0 Å². The molecule has 1 rings (SSSR count). The zero-order valence-corrected chi connectivity index (χ0v) is 10.6. The maximum Gasteiger partial charge on any atom is 0.123 e. The van der Waals surface area contributed by atoms with E-state index in [0.29, 0.717) is 11.6 Å². The summed E-state index contributed by atoms with van der Waals surface area (Å²) < 4.78 is 0. The largest absolute Gasteiger partial charge is 0.507 e. The van der Waals surface area contributed by atoms with Crippen LogP contribution in [0.2, 0.25) is 5.02 Å². The normalized spacial score (nSPS) is 11.8. The van der Waals surface area contributed by atoms with Crippen LogP contribution < -0.4 is 5.32 Å². The van der Waals surface area contributed by atoms with Crippen LogP contribution in [-0.4, -0.2) is 22.4 Å². The molecule has 0 saturated carbocycles. The highest BCUT2D eigenvalue weighted by Crippen LogP contribution is 2.26. The van der Waals surface area contributed by atoms with Gasteiger partial charge in [-0.3, -0.25) is 0 Å². The van der Waals surface area contributed by atoms with E-state index >= 15 is 0 Å². The van der Waals surface area contributed by atoms with Crippen LogP contribution in [0.5, 0.6) is 5.75 Å². The number of aliphatic hydroxyl groups is 1. The van der Waals surface area contributed by atoms with Crippen molar-refractivity contribution in [1.82, 2.24) is 5.32 Å². The second-order valence-electron chi connectivity index (χ2n) is 4.63. The van der Waals surface area contributed by atoms with Crippen LogP contribution in [0.4, 0.5) is 0 Å². The first-order valence-corrected chi connectivity index (χ1v) is 5.57. The molecule has 0 heterocycles. The van der Waals surface area contributed by atoms with Crippen molar-refractivity contribution in [1.29, 1.82) is 0 Å². The van der Waals surface area contributed by atoms with Crippen molar-refractivity contribution < 1.29 is 10.2 Å². The van der Waals surface area contributed by atoms with Crippen molar-refractivity contribution in [3.63, 3.8) is 0 Å². The Bertz CT molecular complexity index is 378. The molecule has 1 aromatic carbocycles. The van der Waals surface area contributed by atoms with E-state index in [2.05, 4.69) is 5.32 Å². The number of phenols is 1. The van der Waals surface area contributed by atoms with Crippen molar-refractivity contribution in [3.8, 4) is 5.75 Å². The van der Waals surface area contributed by atoms with Gasteiger partial charge in [-0.25, -0.2) is 0 Å². The van der Waals surface area contributed by atoms with E-state index in [1.807, 2.05) is 20.8 Å². The molecule has 0 atom stereocenters. The number of aryl methyl sites for hydroxylation is 1. The van der Waals surface area contributed by atoms with E-state index in [1.54, 1.807) is 12.1 Å². The number of phenolic OH excluding ortho intramolecular Hbond substituents is 1. The van der Waals surface area contributed by atoms with Crippen LogP contribution in [-0.2, 0) is 6.54 Å². The highest BCUT2D eigenvalue weighted by molar-refractivity contribution is 6.30. The summed E-state index contributed by atoms with van der Waals surface area (Å²) in [5.74, 6) is 0.255. The molecule has 0 aromatic heterocycles. The molecule has 0 unspecified atom stereocenters. The minimum absolute atomic E-state index is 0.0350. The smallest absolute Gasteiger partial charge is 0.123 e. The van der Waals surface area contributed by atoms with Crippen LogP contribution in [0.1, 0.15) is 25.0 Å². The lowest BCUT2D eigenvalue weighted by molar-refractivity contribution is 0.187. The Morgan fingerprint density at radius 3 is 2.56 bits per heavy atom. The molecule has 4 heteroatoms. The van der Waals surface area contributed by atoms with E-state index in [9.17, 15) is 5.11 Å². The Morgan fingerprint density at radius 2 is 2.00 bits per heavy atom. The summed E-state index contributed by atoms with van der Waals surface area (Å²) in [6.45, 7) is 6.10. The van der Waals surface area contributed by atoms with Gasteiger partial charge < -0.3 is 15.5 Å². The van der Waals surface area contributed by atoms with Crippen LogP contribution >= 0.6 is 11.6 Å². The molecule has 3 N–H and O–H groups in total. The minimum atomic E-state index is -0.372. The third-order valence-corrected chi connectivity index (χ3v) is 2.72. The summed E-state index contributed by atoms with van der Waals surface area (Å²) in [6, 6.07) is 3.45. The second kappa shape index (κ2) is 5.04. The second-order valence-corrected chi connectivity index (χ2v) is 5.06. The minimum Gasteiger partial charge on any atom is -0.507 e. The summed E-state index contributed by atoms with van der Waals surface area (Å²) in [4.78, 5) is 0. The van der Waals surface area contributed by atoms with Gasteiger partial charge in [0.05, 0.1) is 6.61 Å². The third-order valence-electron chi connectivity index (χ3n) is 2.50. The third kappa shape index (κ3) is 3.37. The van der Waals surface area contributed by atoms with Crippen LogP contribution in [0, 0.1) is 6.92 Å². The van der Waals surface area contributed by atoms with Crippen molar-refractivity contribution in [2.75, 3.05) is 6.61 Å². The van der Waals surface area contributed by atoms with E-state index in [1.165, 1.54) is 0 Å². The molecular weight excluding hydrogens is 226 g/mol. The lowest BCUT2D eigenvalue weighted by atomic mass is 10.1. The first-order chi connectivity index (χ1) is 7.35. The van der Waals surface area contributed by atoms with Gasteiger partial charge in [-0.05, 0) is 38.5 Å². The quantitative estimate of drug-likeness (QED) is 0.760. The molecule has 0 aliphatic heterocycles. The van der Waals surface area contributed by atoms with Crippen molar-refractivity contribution >= 4 is 11.6 Å². The predicted molar refractivity (Wildman–Crippen MR) is 65.9 cm³/mol. The number of halogens is 1. The SMILES string of the molecule is Cc1cc(Cl)cc(CNC(C)(C)CO)c1O. The molecule has 16 heavy (non-hydrogen) atoms. The summed E-state index contributed by atoms with van der Waals surface area (Å²) in [7, 11) is 0. The molecule has 3 nitrogen and oxygen atoms in total. The number of aliphatic hydroxyl groups excluding tert-OH is 1. The standard InChI is InChI=1S/C12H18ClNO2/c1-8-4-10(13)5-9(11(8)16)6-14-12(2,3)7-15/h4-5,14-16H,6-7H2,1-3H3. The van der Waals surface area contributed by atoms with Crippen LogP contribution in [0.25, 0.3) is 0 Å². The Morgan fingerprint density at radius 1 is 1.38 bits per heavy atom. The average molecular weight is 244 g/mol. The molecule has 90 valence electrons. The lowest BCUT2D eigenvalue weighted by Gasteiger charge is -2.24. The number of aromatic hydroxyl groups is 1. The van der Waals surface area contributed by atoms with Gasteiger partial charge in [-0.1, -0.05) is 11.6 Å². The van der Waals surface area contributed by atoms with E-state index < -0.39 is 0 Å². The van der Waals surface area contributed by atoms with Crippen LogP contribution in [0.15, 0.2) is 12.1 Å². The Balaban J connectivity index is 2.82. The lowest BCUT2D eigenvalue weighted by Crippen LogP contribution is -2.42. The van der Waals surface area contributed by atoms with Gasteiger partial charge in [-0.2, -0.15) is 0 Å². The molecule has 0 bridgehead atoms. The van der Waals surface area contributed by atoms with Gasteiger partial charge in [0.25, 0.3) is 0 Å². The van der Waals surface area contributed by atoms with E-state index in [4.69, 9.17) is 16.7 Å². The zero-order chi connectivity index (χ0) is 12.3. The molecule has 1 aromatic rings. The summed E-state index contributed by atoms with van der Waals surface area (Å²) in [5, 5.41) is 22.7. The first-order valence-electron chi connectivity index (χ1n) is 5.19. The highest BCUT2D eigenvalue weighted by Gasteiger charge is 2.16. The number of hydrogen-bond acceptors (Lipinski definition) is 3. The molecule has 0 fully saturated rings. The van der Waals surface area contributed by atoms with Gasteiger partial charge in [0.2, 0.25) is 0 Å². The molecular formula is C12H18ClNO2. The van der Waals surface area contributed by atoms with Gasteiger partial charge in [0.1, 0.15) is 5.75 Å². The van der Waals surface area contributed by atoms with Gasteiger partial charge in [-0.15, -0.1) is 0 Å². The molecule has 0 saturated heterocycles. The number of benzene rings is 1. The molecule has 0 radical (unpaired) electrons. The fourth-order valence-corrected chi connectivity index (χ4v) is 1.63. The van der Waals surface area contributed by atoms with E-state index in [-0.39, 0.29) is 17.9 Å². The fourth-order valence-electron chi connectivity index (χ4n) is 1.33. The Kier molecular flexibility index (Phi) is 4.19. The van der Waals surface area contributed by atoms with Crippen molar-refractivity contribution in [2.45, 2.75) is 32.9 Å². The molecule has 0 amide bonds. The Hall–Kier alpha value is -0.770. The van der Waals surface area contributed by atoms with Crippen molar-refractivity contribution in [3.05, 3.63) is 28.3 Å². The fraction of sp³-hybridized carbons (Fsp3) is 0.500. The predicted octanol–water partition coefficient (Wildman–Crippen LogP) is 2.21. The monoisotopic (exact) mass is 243 g/mol. The summed E-state index contributed by atoms with van der Waals surface area (Å²) >= 11 is 5.92. The maximum absolute atomic E-state index is 9.83. The molecule has 0 aliphatic carbocycles. The van der Waals surface area contributed by atoms with Gasteiger partial charge >= 0.3 is 0 Å². The highest BCUT2D eigenvalue weighted by atomic mass is 35.5. The van der Waals surface area contributed by atoms with Crippen LogP contribution in [0.3, 0.4) is 0 Å². The van der Waals surface area contributed by atoms with Gasteiger partial charge in [0.15, 0.2) is 0 Å². The number of rotatable bonds is 4. The summed E-state index contributed by atoms with van der Waals surface area (Å²) in [5.41, 5.74) is 1.13. The van der Waals surface area contributed by atoms with E-state index in [0.717, 1.165) is 11.1 Å².